The van der Waals surface area contributed by atoms with Crippen molar-refractivity contribution in [1.82, 2.24) is 10.2 Å². The summed E-state index contributed by atoms with van der Waals surface area (Å²) in [5, 5.41) is 3.67. The molecule has 2 amide bonds. The van der Waals surface area contributed by atoms with Crippen molar-refractivity contribution in [2.24, 2.45) is 0 Å². The first-order valence-electron chi connectivity index (χ1n) is 16.1. The lowest BCUT2D eigenvalue weighted by atomic mass is 10.0. The van der Waals surface area contributed by atoms with Crippen LogP contribution >= 0.6 is 11.6 Å². The molecule has 9 nitrogen and oxygen atoms in total. The van der Waals surface area contributed by atoms with Crippen LogP contribution in [0.15, 0.2) is 108 Å². The Bertz CT molecular complexity index is 1830. The van der Waals surface area contributed by atoms with Gasteiger partial charge in [-0.25, -0.2) is 8.42 Å². The fraction of sp³-hybridized carbons (Fsp3) is 0.297. The molecule has 11 heteroatoms. The molecule has 250 valence electrons. The van der Waals surface area contributed by atoms with Gasteiger partial charge in [0.15, 0.2) is 11.5 Å². The lowest BCUT2D eigenvalue weighted by molar-refractivity contribution is -0.140. The zero-order chi connectivity index (χ0) is 33.5. The van der Waals surface area contributed by atoms with Crippen molar-refractivity contribution in [3.05, 3.63) is 119 Å². The first-order chi connectivity index (χ1) is 23.3. The molecular formula is C37H38ClN3O6S. The monoisotopic (exact) mass is 687 g/mol. The summed E-state index contributed by atoms with van der Waals surface area (Å²) in [6, 6.07) is 28.5. The Morgan fingerprint density at radius 2 is 1.48 bits per heavy atom. The van der Waals surface area contributed by atoms with E-state index in [0.717, 1.165) is 35.6 Å². The number of hydrogen-bond acceptors (Lipinski definition) is 6. The molecule has 1 N–H and O–H groups in total. The Balaban J connectivity index is 1.41. The molecule has 1 atom stereocenters. The van der Waals surface area contributed by atoms with Gasteiger partial charge in [-0.15, -0.1) is 0 Å². The van der Waals surface area contributed by atoms with Crippen molar-refractivity contribution in [2.75, 3.05) is 24.1 Å². The van der Waals surface area contributed by atoms with E-state index in [2.05, 4.69) is 5.32 Å². The van der Waals surface area contributed by atoms with Gasteiger partial charge in [-0.1, -0.05) is 85.1 Å². The second kappa shape index (κ2) is 15.1. The molecule has 2 aliphatic rings. The first-order valence-corrected chi connectivity index (χ1v) is 18.0. The SMILES string of the molecule is O=C(NC1CCCC1)C(Cc1ccccc1)N(Cc1cccc(Cl)c1)C(=O)CN(c1ccc2c(c1)OCCO2)S(=O)(=O)c1ccccc1. The standard InChI is InChI=1S/C37H38ClN3O6S/c38-29-13-9-12-28(22-29)25-40(33(23-27-10-3-1-4-11-27)37(43)39-30-14-7-8-15-30)36(42)26-41(48(44,45)32-16-5-2-6-17-32)31-18-19-34-35(24-31)47-21-20-46-34/h1-6,9-13,16-19,22,24,30,33H,7-8,14-15,20-21,23,25-26H2,(H,39,43). The number of carbonyl (C=O) groups excluding carboxylic acids is 2. The molecule has 0 radical (unpaired) electrons. The molecule has 4 aromatic carbocycles. The number of benzene rings is 4. The van der Waals surface area contributed by atoms with E-state index in [0.29, 0.717) is 35.3 Å². The number of nitrogens with zero attached hydrogens (tertiary/aromatic N) is 2. The maximum absolute atomic E-state index is 14.7. The maximum atomic E-state index is 14.7. The second-order valence-electron chi connectivity index (χ2n) is 12.0. The number of amides is 2. The van der Waals surface area contributed by atoms with Crippen molar-refractivity contribution < 1.29 is 27.5 Å². The predicted molar refractivity (Wildman–Crippen MR) is 185 cm³/mol. The minimum absolute atomic E-state index is 0.0200. The Labute approximate surface area is 286 Å². The topological polar surface area (TPSA) is 105 Å². The van der Waals surface area contributed by atoms with E-state index in [1.807, 2.05) is 36.4 Å². The summed E-state index contributed by atoms with van der Waals surface area (Å²) < 4.78 is 41.1. The molecule has 48 heavy (non-hydrogen) atoms. The summed E-state index contributed by atoms with van der Waals surface area (Å²) >= 11 is 6.35. The fourth-order valence-electron chi connectivity index (χ4n) is 6.19. The predicted octanol–water partition coefficient (Wildman–Crippen LogP) is 6.01. The summed E-state index contributed by atoms with van der Waals surface area (Å²) in [5.41, 5.74) is 1.81. The van der Waals surface area contributed by atoms with Crippen molar-refractivity contribution >= 4 is 39.1 Å². The summed E-state index contributed by atoms with van der Waals surface area (Å²) in [4.78, 5) is 30.4. The van der Waals surface area contributed by atoms with Crippen molar-refractivity contribution in [2.45, 2.75) is 55.6 Å². The number of carbonyl (C=O) groups is 2. The van der Waals surface area contributed by atoms with Gasteiger partial charge < -0.3 is 19.7 Å². The van der Waals surface area contributed by atoms with E-state index in [-0.39, 0.29) is 35.5 Å². The largest absolute Gasteiger partial charge is 0.486 e. The van der Waals surface area contributed by atoms with Gasteiger partial charge in [-0.05, 0) is 60.4 Å². The third kappa shape index (κ3) is 7.94. The minimum atomic E-state index is -4.24. The van der Waals surface area contributed by atoms with E-state index in [1.54, 1.807) is 54.6 Å². The number of hydrogen-bond donors (Lipinski definition) is 1. The number of fused-ring (bicyclic) bond motifs is 1. The van der Waals surface area contributed by atoms with Crippen LogP contribution in [0.1, 0.15) is 36.8 Å². The van der Waals surface area contributed by atoms with Gasteiger partial charge in [0.2, 0.25) is 11.8 Å². The van der Waals surface area contributed by atoms with Crippen LogP contribution in [-0.4, -0.2) is 57.0 Å². The summed E-state index contributed by atoms with van der Waals surface area (Å²) in [6.45, 7) is 0.154. The van der Waals surface area contributed by atoms with Crippen molar-refractivity contribution in [1.29, 1.82) is 0 Å². The van der Waals surface area contributed by atoms with E-state index < -0.39 is 28.5 Å². The molecule has 1 aliphatic heterocycles. The molecular weight excluding hydrogens is 650 g/mol. The van der Waals surface area contributed by atoms with Crippen LogP contribution < -0.4 is 19.1 Å². The van der Waals surface area contributed by atoms with Crippen LogP contribution in [0.3, 0.4) is 0 Å². The molecule has 0 saturated heterocycles. The number of anilines is 1. The lowest BCUT2D eigenvalue weighted by Gasteiger charge is -2.34. The highest BCUT2D eigenvalue weighted by molar-refractivity contribution is 7.92. The molecule has 1 aliphatic carbocycles. The van der Waals surface area contributed by atoms with Crippen molar-refractivity contribution in [3.63, 3.8) is 0 Å². The van der Waals surface area contributed by atoms with Gasteiger partial charge in [0, 0.05) is 30.1 Å². The molecule has 1 heterocycles. The summed E-state index contributed by atoms with van der Waals surface area (Å²) in [6.07, 6.45) is 4.04. The first kappa shape index (κ1) is 33.4. The van der Waals surface area contributed by atoms with E-state index in [4.69, 9.17) is 21.1 Å². The Morgan fingerprint density at radius 1 is 0.812 bits per heavy atom. The Morgan fingerprint density at radius 3 is 2.19 bits per heavy atom. The highest BCUT2D eigenvalue weighted by Gasteiger charge is 2.36. The highest BCUT2D eigenvalue weighted by atomic mass is 35.5. The van der Waals surface area contributed by atoms with Gasteiger partial charge in [0.25, 0.3) is 10.0 Å². The average molecular weight is 688 g/mol. The van der Waals surface area contributed by atoms with Gasteiger partial charge in [0.1, 0.15) is 25.8 Å². The van der Waals surface area contributed by atoms with E-state index in [1.165, 1.54) is 17.0 Å². The van der Waals surface area contributed by atoms with Crippen LogP contribution in [0.4, 0.5) is 5.69 Å². The number of ether oxygens (including phenoxy) is 2. The quantitative estimate of drug-likeness (QED) is 0.196. The molecule has 1 fully saturated rings. The second-order valence-corrected chi connectivity index (χ2v) is 14.3. The van der Waals surface area contributed by atoms with Crippen LogP contribution in [0.2, 0.25) is 5.02 Å². The van der Waals surface area contributed by atoms with Crippen LogP contribution in [-0.2, 0) is 32.6 Å². The summed E-state index contributed by atoms with van der Waals surface area (Å²) in [5.74, 6) is 0.0421. The van der Waals surface area contributed by atoms with Crippen LogP contribution in [0.25, 0.3) is 0 Å². The zero-order valence-corrected chi connectivity index (χ0v) is 28.0. The zero-order valence-electron chi connectivity index (χ0n) is 26.5. The van der Waals surface area contributed by atoms with Gasteiger partial charge in [-0.2, -0.15) is 0 Å². The Kier molecular flexibility index (Phi) is 10.5. The molecule has 0 spiro atoms. The highest BCUT2D eigenvalue weighted by Crippen LogP contribution is 2.36. The van der Waals surface area contributed by atoms with Crippen LogP contribution in [0.5, 0.6) is 11.5 Å². The van der Waals surface area contributed by atoms with E-state index in [9.17, 15) is 18.0 Å². The van der Waals surface area contributed by atoms with Crippen molar-refractivity contribution in [3.8, 4) is 11.5 Å². The number of halogens is 1. The van der Waals surface area contributed by atoms with Crippen LogP contribution in [0, 0.1) is 0 Å². The molecule has 0 bridgehead atoms. The molecule has 6 rings (SSSR count). The van der Waals surface area contributed by atoms with Gasteiger partial charge in [0.05, 0.1) is 10.6 Å². The molecule has 1 unspecified atom stereocenters. The van der Waals surface area contributed by atoms with E-state index >= 15 is 0 Å². The third-order valence-corrected chi connectivity index (χ3v) is 10.7. The van der Waals surface area contributed by atoms with Gasteiger partial charge in [-0.3, -0.25) is 13.9 Å². The molecule has 0 aromatic heterocycles. The summed E-state index contributed by atoms with van der Waals surface area (Å²) in [7, 11) is -4.24. The fourth-order valence-corrected chi connectivity index (χ4v) is 7.83. The maximum Gasteiger partial charge on any atom is 0.264 e. The smallest absolute Gasteiger partial charge is 0.264 e. The lowest BCUT2D eigenvalue weighted by Crippen LogP contribution is -2.54. The van der Waals surface area contributed by atoms with Gasteiger partial charge >= 0.3 is 0 Å². The molecule has 4 aromatic rings. The number of sulfonamides is 1. The normalized spacial score (nSPS) is 15.0. The number of rotatable bonds is 12. The Hall–Kier alpha value is -4.54. The molecule has 1 saturated carbocycles. The minimum Gasteiger partial charge on any atom is -0.486 e. The third-order valence-electron chi connectivity index (χ3n) is 8.64. The average Bonchev–Trinajstić information content (AvgIpc) is 3.62. The number of nitrogens with one attached hydrogen (secondary N) is 1.